The standard InChI is InChI=1S/C14H26N4O2S/c1-10(2)9-18-13(15)12(21(3,19)20)14(17-18)16-11-7-5-4-6-8-11/h10-11H,4-9,15H2,1-3H3,(H,16,17). The lowest BCUT2D eigenvalue weighted by molar-refractivity contribution is 0.458. The van der Waals surface area contributed by atoms with Gasteiger partial charge in [0.05, 0.1) is 0 Å². The average Bonchev–Trinajstić information content (AvgIpc) is 2.66. The lowest BCUT2D eigenvalue weighted by atomic mass is 9.95. The molecule has 0 aliphatic heterocycles. The van der Waals surface area contributed by atoms with Crippen LogP contribution in [-0.2, 0) is 16.4 Å². The molecule has 0 bridgehead atoms. The zero-order chi connectivity index (χ0) is 15.6. The van der Waals surface area contributed by atoms with E-state index in [0.29, 0.717) is 24.3 Å². The topological polar surface area (TPSA) is 90.0 Å². The van der Waals surface area contributed by atoms with Crippen LogP contribution >= 0.6 is 0 Å². The summed E-state index contributed by atoms with van der Waals surface area (Å²) in [6.07, 6.45) is 6.90. The van der Waals surface area contributed by atoms with Crippen LogP contribution in [0.15, 0.2) is 4.90 Å². The maximum atomic E-state index is 12.0. The fraction of sp³-hybridized carbons (Fsp3) is 0.786. The molecule has 1 aliphatic carbocycles. The second kappa shape index (κ2) is 6.25. The van der Waals surface area contributed by atoms with Crippen molar-refractivity contribution in [2.75, 3.05) is 17.3 Å². The summed E-state index contributed by atoms with van der Waals surface area (Å²) in [6, 6.07) is 0.293. The summed E-state index contributed by atoms with van der Waals surface area (Å²) in [5.74, 6) is 1.01. The predicted octanol–water partition coefficient (Wildman–Crippen LogP) is 2.27. The minimum atomic E-state index is -3.40. The van der Waals surface area contributed by atoms with Gasteiger partial charge in [0.1, 0.15) is 5.82 Å². The Bertz CT molecular complexity index is 586. The quantitative estimate of drug-likeness (QED) is 0.870. The summed E-state index contributed by atoms with van der Waals surface area (Å²) in [4.78, 5) is 0.147. The van der Waals surface area contributed by atoms with Crippen molar-refractivity contribution in [2.45, 2.75) is 63.4 Å². The molecule has 0 atom stereocenters. The van der Waals surface area contributed by atoms with E-state index in [-0.39, 0.29) is 10.7 Å². The Morgan fingerprint density at radius 3 is 2.48 bits per heavy atom. The van der Waals surface area contributed by atoms with Crippen LogP contribution in [-0.4, -0.2) is 30.5 Å². The number of sulfone groups is 1. The van der Waals surface area contributed by atoms with Crippen LogP contribution in [0, 0.1) is 5.92 Å². The van der Waals surface area contributed by atoms with Gasteiger partial charge in [-0.1, -0.05) is 33.1 Å². The maximum Gasteiger partial charge on any atom is 0.182 e. The van der Waals surface area contributed by atoms with E-state index in [2.05, 4.69) is 24.3 Å². The zero-order valence-electron chi connectivity index (χ0n) is 13.1. The van der Waals surface area contributed by atoms with Crippen LogP contribution in [0.3, 0.4) is 0 Å². The molecule has 1 aliphatic rings. The van der Waals surface area contributed by atoms with E-state index in [1.165, 1.54) is 25.5 Å². The van der Waals surface area contributed by atoms with Gasteiger partial charge in [0.2, 0.25) is 0 Å². The number of nitrogens with two attached hydrogens (primary N) is 1. The Balaban J connectivity index is 2.33. The summed E-state index contributed by atoms with van der Waals surface area (Å²) >= 11 is 0. The molecule has 1 fully saturated rings. The van der Waals surface area contributed by atoms with Crippen molar-refractivity contribution in [3.8, 4) is 0 Å². The number of aromatic nitrogens is 2. The molecule has 1 aromatic heterocycles. The number of hydrogen-bond donors (Lipinski definition) is 2. The van der Waals surface area contributed by atoms with E-state index in [4.69, 9.17) is 5.73 Å². The highest BCUT2D eigenvalue weighted by Gasteiger charge is 2.26. The molecular weight excluding hydrogens is 288 g/mol. The highest BCUT2D eigenvalue weighted by molar-refractivity contribution is 7.91. The van der Waals surface area contributed by atoms with Crippen molar-refractivity contribution in [3.05, 3.63) is 0 Å². The molecule has 0 aromatic carbocycles. The van der Waals surface area contributed by atoms with Crippen molar-refractivity contribution in [3.63, 3.8) is 0 Å². The van der Waals surface area contributed by atoms with E-state index in [1.807, 2.05) is 0 Å². The molecule has 21 heavy (non-hydrogen) atoms. The average molecular weight is 314 g/mol. The van der Waals surface area contributed by atoms with Crippen LogP contribution < -0.4 is 11.1 Å². The van der Waals surface area contributed by atoms with E-state index in [1.54, 1.807) is 4.68 Å². The summed E-state index contributed by atoms with van der Waals surface area (Å²) in [5.41, 5.74) is 6.02. The molecule has 3 N–H and O–H groups in total. The molecule has 6 nitrogen and oxygen atoms in total. The second-order valence-electron chi connectivity index (χ2n) is 6.39. The van der Waals surface area contributed by atoms with Crippen molar-refractivity contribution in [2.24, 2.45) is 5.92 Å². The number of nitrogen functional groups attached to an aromatic ring is 1. The molecule has 1 saturated carbocycles. The van der Waals surface area contributed by atoms with Crippen LogP contribution in [0.2, 0.25) is 0 Å². The molecule has 120 valence electrons. The van der Waals surface area contributed by atoms with Crippen molar-refractivity contribution >= 4 is 21.5 Å². The number of nitrogens with zero attached hydrogens (tertiary/aromatic N) is 2. The van der Waals surface area contributed by atoms with E-state index in [0.717, 1.165) is 12.8 Å². The molecule has 0 spiro atoms. The molecule has 0 unspecified atom stereocenters. The van der Waals surface area contributed by atoms with Gasteiger partial charge in [-0.25, -0.2) is 13.1 Å². The van der Waals surface area contributed by atoms with Gasteiger partial charge in [-0.15, -0.1) is 0 Å². The van der Waals surface area contributed by atoms with Crippen LogP contribution in [0.25, 0.3) is 0 Å². The number of anilines is 2. The fourth-order valence-electron chi connectivity index (χ4n) is 2.84. The van der Waals surface area contributed by atoms with Crippen molar-refractivity contribution in [1.82, 2.24) is 9.78 Å². The van der Waals surface area contributed by atoms with Gasteiger partial charge < -0.3 is 11.1 Å². The highest BCUT2D eigenvalue weighted by atomic mass is 32.2. The summed E-state index contributed by atoms with van der Waals surface area (Å²) in [6.45, 7) is 4.71. The normalized spacial score (nSPS) is 17.3. The van der Waals surface area contributed by atoms with Crippen LogP contribution in [0.4, 0.5) is 11.6 Å². The third-order valence-corrected chi connectivity index (χ3v) is 4.95. The Hall–Kier alpha value is -1.24. The van der Waals surface area contributed by atoms with E-state index >= 15 is 0 Å². The first-order chi connectivity index (χ1) is 9.79. The molecule has 7 heteroatoms. The smallest absolute Gasteiger partial charge is 0.182 e. The van der Waals surface area contributed by atoms with Crippen molar-refractivity contribution in [1.29, 1.82) is 0 Å². The third-order valence-electron chi connectivity index (χ3n) is 3.80. The van der Waals surface area contributed by atoms with Gasteiger partial charge in [0, 0.05) is 18.8 Å². The third kappa shape index (κ3) is 3.90. The number of hydrogen-bond acceptors (Lipinski definition) is 5. The molecule has 2 rings (SSSR count). The number of nitrogens with one attached hydrogen (secondary N) is 1. The molecule has 1 heterocycles. The minimum absolute atomic E-state index is 0.147. The molecule has 0 amide bonds. The number of rotatable bonds is 5. The fourth-order valence-corrected chi connectivity index (χ4v) is 3.78. The molecule has 0 radical (unpaired) electrons. The van der Waals surface area contributed by atoms with E-state index in [9.17, 15) is 8.42 Å². The summed E-state index contributed by atoms with van der Waals surface area (Å²) in [7, 11) is -3.40. The lowest BCUT2D eigenvalue weighted by Gasteiger charge is -2.22. The van der Waals surface area contributed by atoms with Gasteiger partial charge in [-0.2, -0.15) is 5.10 Å². The Morgan fingerprint density at radius 2 is 1.95 bits per heavy atom. The monoisotopic (exact) mass is 314 g/mol. The van der Waals surface area contributed by atoms with Crippen LogP contribution in [0.1, 0.15) is 46.0 Å². The van der Waals surface area contributed by atoms with Gasteiger partial charge in [0.25, 0.3) is 0 Å². The largest absolute Gasteiger partial charge is 0.383 e. The molecular formula is C14H26N4O2S. The highest BCUT2D eigenvalue weighted by Crippen LogP contribution is 2.30. The molecule has 1 aromatic rings. The SMILES string of the molecule is CC(C)Cn1nc(NC2CCCCC2)c(S(C)(=O)=O)c1N. The first-order valence-corrected chi connectivity index (χ1v) is 9.51. The Kier molecular flexibility index (Phi) is 4.81. The summed E-state index contributed by atoms with van der Waals surface area (Å²) < 4.78 is 25.7. The maximum absolute atomic E-state index is 12.0. The Labute approximate surface area is 127 Å². The minimum Gasteiger partial charge on any atom is -0.383 e. The first-order valence-electron chi connectivity index (χ1n) is 7.62. The van der Waals surface area contributed by atoms with E-state index < -0.39 is 9.84 Å². The van der Waals surface area contributed by atoms with Crippen LogP contribution in [0.5, 0.6) is 0 Å². The zero-order valence-corrected chi connectivity index (χ0v) is 13.9. The Morgan fingerprint density at radius 1 is 1.33 bits per heavy atom. The molecule has 0 saturated heterocycles. The van der Waals surface area contributed by atoms with Gasteiger partial charge in [-0.05, 0) is 18.8 Å². The predicted molar refractivity (Wildman–Crippen MR) is 85.1 cm³/mol. The second-order valence-corrected chi connectivity index (χ2v) is 8.34. The van der Waals surface area contributed by atoms with Gasteiger partial charge >= 0.3 is 0 Å². The van der Waals surface area contributed by atoms with Gasteiger partial charge in [-0.3, -0.25) is 0 Å². The van der Waals surface area contributed by atoms with Crippen molar-refractivity contribution < 1.29 is 8.42 Å². The lowest BCUT2D eigenvalue weighted by Crippen LogP contribution is -2.23. The van der Waals surface area contributed by atoms with Gasteiger partial charge in [0.15, 0.2) is 20.6 Å². The summed E-state index contributed by atoms with van der Waals surface area (Å²) in [5, 5.41) is 7.71. The first kappa shape index (κ1) is 16.1.